The zero-order chi connectivity index (χ0) is 24.3. The van der Waals surface area contributed by atoms with Gasteiger partial charge in [-0.25, -0.2) is 9.97 Å². The van der Waals surface area contributed by atoms with Gasteiger partial charge in [0.1, 0.15) is 5.82 Å². The zero-order valence-electron chi connectivity index (χ0n) is 19.9. The third-order valence-electron chi connectivity index (χ3n) is 6.97. The lowest BCUT2D eigenvalue weighted by Gasteiger charge is -2.38. The second-order valence-corrected chi connectivity index (χ2v) is 9.50. The van der Waals surface area contributed by atoms with E-state index in [-0.39, 0.29) is 23.1 Å². The van der Waals surface area contributed by atoms with E-state index >= 15 is 0 Å². The summed E-state index contributed by atoms with van der Waals surface area (Å²) >= 11 is 0. The van der Waals surface area contributed by atoms with Gasteiger partial charge in [-0.3, -0.25) is 9.59 Å². The van der Waals surface area contributed by atoms with Crippen molar-refractivity contribution in [2.24, 2.45) is 5.73 Å². The number of aromatic nitrogens is 2. The molecule has 3 heterocycles. The molecule has 1 aromatic carbocycles. The summed E-state index contributed by atoms with van der Waals surface area (Å²) in [7, 11) is 2.16. The number of amides is 2. The number of hydrogen-bond acceptors (Lipinski definition) is 7. The van der Waals surface area contributed by atoms with E-state index in [1.807, 2.05) is 12.1 Å². The summed E-state index contributed by atoms with van der Waals surface area (Å²) < 4.78 is 0. The maximum absolute atomic E-state index is 11.9. The van der Waals surface area contributed by atoms with Gasteiger partial charge < -0.3 is 26.2 Å². The van der Waals surface area contributed by atoms with Crippen LogP contribution in [0.2, 0.25) is 0 Å². The van der Waals surface area contributed by atoms with Crippen LogP contribution in [-0.4, -0.2) is 70.9 Å². The van der Waals surface area contributed by atoms with Crippen molar-refractivity contribution in [1.82, 2.24) is 19.8 Å². The van der Waals surface area contributed by atoms with Crippen LogP contribution in [-0.2, 0) is 10.2 Å². The Hall–Kier alpha value is -3.46. The van der Waals surface area contributed by atoms with Gasteiger partial charge in [0.15, 0.2) is 11.5 Å². The molecule has 0 saturated carbocycles. The number of carbonyl (C=O) groups excluding carboxylic acids is 2. The van der Waals surface area contributed by atoms with E-state index in [2.05, 4.69) is 58.2 Å². The monoisotopic (exact) mass is 463 g/mol. The standard InChI is InChI=1S/C25H33N7O2/c1-4-21(33)32-12-9-19(16-32)28-20-15-27-22(23(26)34)24(30-20)29-18-7-5-17(6-8-18)25(2)10-13-31(3)14-11-25/h4-8,15,19H,1,9-14,16H2,2-3H3,(H2,26,34)(H2,28,29,30)/t19-/m1/s1. The Kier molecular flexibility index (Phi) is 6.83. The number of benzene rings is 1. The lowest BCUT2D eigenvalue weighted by molar-refractivity contribution is -0.125. The van der Waals surface area contributed by atoms with E-state index in [1.165, 1.54) is 17.8 Å². The molecule has 9 heteroatoms. The Morgan fingerprint density at radius 3 is 2.56 bits per heavy atom. The normalized spacial score (nSPS) is 20.1. The highest BCUT2D eigenvalue weighted by molar-refractivity contribution is 5.96. The average Bonchev–Trinajstić information content (AvgIpc) is 3.29. The third kappa shape index (κ3) is 5.20. The molecule has 2 aliphatic heterocycles. The molecular weight excluding hydrogens is 430 g/mol. The molecule has 34 heavy (non-hydrogen) atoms. The van der Waals surface area contributed by atoms with Crippen molar-refractivity contribution in [3.63, 3.8) is 0 Å². The minimum absolute atomic E-state index is 0.0417. The number of nitrogens with two attached hydrogens (primary N) is 1. The molecule has 180 valence electrons. The van der Waals surface area contributed by atoms with Crippen molar-refractivity contribution in [3.8, 4) is 0 Å². The molecular formula is C25H33N7O2. The lowest BCUT2D eigenvalue weighted by Crippen LogP contribution is -2.38. The first-order valence-corrected chi connectivity index (χ1v) is 11.7. The van der Waals surface area contributed by atoms with Gasteiger partial charge in [0.05, 0.1) is 6.20 Å². The first kappa shape index (κ1) is 23.7. The van der Waals surface area contributed by atoms with Crippen molar-refractivity contribution in [1.29, 1.82) is 0 Å². The van der Waals surface area contributed by atoms with Crippen molar-refractivity contribution in [3.05, 3.63) is 54.4 Å². The molecule has 0 unspecified atom stereocenters. The Bertz CT molecular complexity index is 1060. The maximum Gasteiger partial charge on any atom is 0.271 e. The number of likely N-dealkylation sites (tertiary alicyclic amines) is 2. The second kappa shape index (κ2) is 9.80. The van der Waals surface area contributed by atoms with E-state index in [0.29, 0.717) is 24.7 Å². The number of nitrogens with zero attached hydrogens (tertiary/aromatic N) is 4. The highest BCUT2D eigenvalue weighted by atomic mass is 16.2. The molecule has 0 bridgehead atoms. The van der Waals surface area contributed by atoms with Crippen molar-refractivity contribution in [2.45, 2.75) is 37.6 Å². The summed E-state index contributed by atoms with van der Waals surface area (Å²) in [5, 5.41) is 6.51. The lowest BCUT2D eigenvalue weighted by atomic mass is 9.74. The third-order valence-corrected chi connectivity index (χ3v) is 6.97. The van der Waals surface area contributed by atoms with Crippen LogP contribution < -0.4 is 16.4 Å². The SMILES string of the molecule is C=CC(=O)N1CC[C@@H](Nc2cnc(C(N)=O)c(Nc3ccc(C4(C)CCN(C)CC4)cc3)n2)C1. The molecule has 4 rings (SSSR count). The molecule has 1 aromatic heterocycles. The maximum atomic E-state index is 11.9. The van der Waals surface area contributed by atoms with Crippen LogP contribution >= 0.6 is 0 Å². The summed E-state index contributed by atoms with van der Waals surface area (Å²) in [5.74, 6) is 0.0774. The van der Waals surface area contributed by atoms with Crippen LogP contribution in [0.1, 0.15) is 42.2 Å². The highest BCUT2D eigenvalue weighted by Gasteiger charge is 2.30. The number of rotatable bonds is 7. The van der Waals surface area contributed by atoms with Crippen molar-refractivity contribution < 1.29 is 9.59 Å². The van der Waals surface area contributed by atoms with Gasteiger partial charge in [-0.1, -0.05) is 25.6 Å². The van der Waals surface area contributed by atoms with Crippen LogP contribution in [0.3, 0.4) is 0 Å². The van der Waals surface area contributed by atoms with E-state index in [0.717, 1.165) is 38.0 Å². The predicted octanol–water partition coefficient (Wildman–Crippen LogP) is 2.50. The summed E-state index contributed by atoms with van der Waals surface area (Å²) in [4.78, 5) is 36.7. The molecule has 2 fully saturated rings. The fourth-order valence-corrected chi connectivity index (χ4v) is 4.64. The first-order valence-electron chi connectivity index (χ1n) is 11.7. The van der Waals surface area contributed by atoms with E-state index in [9.17, 15) is 9.59 Å². The highest BCUT2D eigenvalue weighted by Crippen LogP contribution is 2.35. The number of carbonyl (C=O) groups is 2. The van der Waals surface area contributed by atoms with E-state index < -0.39 is 5.91 Å². The Morgan fingerprint density at radius 1 is 1.21 bits per heavy atom. The molecule has 2 aliphatic rings. The summed E-state index contributed by atoms with van der Waals surface area (Å²) in [6.07, 6.45) is 5.85. The van der Waals surface area contributed by atoms with Gasteiger partial charge in [0, 0.05) is 24.8 Å². The second-order valence-electron chi connectivity index (χ2n) is 9.50. The molecule has 0 radical (unpaired) electrons. The fourth-order valence-electron chi connectivity index (χ4n) is 4.64. The predicted molar refractivity (Wildman–Crippen MR) is 133 cm³/mol. The zero-order valence-corrected chi connectivity index (χ0v) is 19.9. The van der Waals surface area contributed by atoms with E-state index in [1.54, 1.807) is 4.90 Å². The van der Waals surface area contributed by atoms with Gasteiger partial charge in [-0.05, 0) is 68.6 Å². The smallest absolute Gasteiger partial charge is 0.271 e. The minimum Gasteiger partial charge on any atom is -0.364 e. The Morgan fingerprint density at radius 2 is 1.91 bits per heavy atom. The molecule has 4 N–H and O–H groups in total. The number of primary amides is 1. The van der Waals surface area contributed by atoms with Crippen LogP contribution in [0, 0.1) is 0 Å². The summed E-state index contributed by atoms with van der Waals surface area (Å²) in [6.45, 7) is 9.26. The number of nitrogens with one attached hydrogen (secondary N) is 2. The van der Waals surface area contributed by atoms with Gasteiger partial charge in [-0.2, -0.15) is 0 Å². The number of anilines is 3. The Labute approximate surface area is 200 Å². The van der Waals surface area contributed by atoms with Crippen LogP contribution in [0.25, 0.3) is 0 Å². The van der Waals surface area contributed by atoms with Gasteiger partial charge >= 0.3 is 0 Å². The largest absolute Gasteiger partial charge is 0.364 e. The van der Waals surface area contributed by atoms with Crippen LogP contribution in [0.4, 0.5) is 17.3 Å². The number of piperidine rings is 1. The molecule has 0 spiro atoms. The average molecular weight is 464 g/mol. The Balaban J connectivity index is 1.48. The van der Waals surface area contributed by atoms with Crippen molar-refractivity contribution in [2.75, 3.05) is 43.9 Å². The quantitative estimate of drug-likeness (QED) is 0.540. The van der Waals surface area contributed by atoms with Gasteiger partial charge in [0.25, 0.3) is 5.91 Å². The summed E-state index contributed by atoms with van der Waals surface area (Å²) in [5.41, 5.74) is 7.89. The van der Waals surface area contributed by atoms with Gasteiger partial charge in [-0.15, -0.1) is 0 Å². The molecule has 2 saturated heterocycles. The molecule has 1 atom stereocenters. The molecule has 0 aliphatic carbocycles. The topological polar surface area (TPSA) is 116 Å². The fraction of sp³-hybridized carbons (Fsp3) is 0.440. The van der Waals surface area contributed by atoms with E-state index in [4.69, 9.17) is 5.73 Å². The molecule has 9 nitrogen and oxygen atoms in total. The summed E-state index contributed by atoms with van der Waals surface area (Å²) in [6, 6.07) is 8.32. The molecule has 2 aromatic rings. The van der Waals surface area contributed by atoms with Crippen LogP contribution in [0.15, 0.2) is 43.1 Å². The first-order chi connectivity index (χ1) is 16.3. The van der Waals surface area contributed by atoms with Gasteiger partial charge in [0.2, 0.25) is 5.91 Å². The van der Waals surface area contributed by atoms with Crippen LogP contribution in [0.5, 0.6) is 0 Å². The minimum atomic E-state index is -0.652. The molecule has 2 amide bonds. The van der Waals surface area contributed by atoms with Crippen molar-refractivity contribution >= 4 is 29.1 Å². The number of hydrogen-bond donors (Lipinski definition) is 3.